The summed E-state index contributed by atoms with van der Waals surface area (Å²) < 4.78 is 1.86. The highest BCUT2D eigenvalue weighted by atomic mass is 16.1. The summed E-state index contributed by atoms with van der Waals surface area (Å²) in [4.78, 5) is 16.5. The highest BCUT2D eigenvalue weighted by Crippen LogP contribution is 2.22. The number of ketones is 1. The van der Waals surface area contributed by atoms with Crippen molar-refractivity contribution in [3.8, 4) is 11.8 Å². The molecule has 21 heavy (non-hydrogen) atoms. The molecule has 0 fully saturated rings. The second-order valence-corrected chi connectivity index (χ2v) is 6.28. The molecule has 2 aromatic rings. The Labute approximate surface area is 126 Å². The number of imidazole rings is 1. The zero-order valence-electron chi connectivity index (χ0n) is 13.2. The summed E-state index contributed by atoms with van der Waals surface area (Å²) in [5.74, 6) is 6.27. The van der Waals surface area contributed by atoms with Crippen molar-refractivity contribution in [3.05, 3.63) is 53.1 Å². The van der Waals surface area contributed by atoms with Gasteiger partial charge in [0.25, 0.3) is 0 Å². The van der Waals surface area contributed by atoms with Crippen molar-refractivity contribution >= 4 is 5.78 Å². The lowest BCUT2D eigenvalue weighted by Crippen LogP contribution is -2.20. The third kappa shape index (κ3) is 3.61. The van der Waals surface area contributed by atoms with Gasteiger partial charge in [0.05, 0.1) is 6.33 Å². The van der Waals surface area contributed by atoms with Gasteiger partial charge in [0.2, 0.25) is 0 Å². The summed E-state index contributed by atoms with van der Waals surface area (Å²) in [5, 5.41) is 0. The van der Waals surface area contributed by atoms with Crippen LogP contribution in [0.4, 0.5) is 0 Å². The molecule has 3 heteroatoms. The molecule has 108 valence electrons. The first kappa shape index (κ1) is 15.1. The van der Waals surface area contributed by atoms with Crippen LogP contribution in [0.5, 0.6) is 0 Å². The summed E-state index contributed by atoms with van der Waals surface area (Å²) in [7, 11) is 1.91. The van der Waals surface area contributed by atoms with Crippen molar-refractivity contribution in [1.29, 1.82) is 0 Å². The smallest absolute Gasteiger partial charge is 0.168 e. The van der Waals surface area contributed by atoms with E-state index >= 15 is 0 Å². The second kappa shape index (κ2) is 5.57. The van der Waals surface area contributed by atoms with Gasteiger partial charge in [-0.1, -0.05) is 38.8 Å². The Hall–Kier alpha value is -2.34. The SMILES string of the molecule is Cc1ccc(C(=O)C(C)(C)C)cc1C#Cc1cn(C)cn1. The molecule has 0 aliphatic heterocycles. The Morgan fingerprint density at radius 1 is 1.24 bits per heavy atom. The van der Waals surface area contributed by atoms with Crippen LogP contribution >= 0.6 is 0 Å². The maximum absolute atomic E-state index is 12.3. The van der Waals surface area contributed by atoms with Crippen molar-refractivity contribution in [3.63, 3.8) is 0 Å². The lowest BCUT2D eigenvalue weighted by Gasteiger charge is -2.17. The standard InChI is InChI=1S/C18H20N2O/c1-13-6-7-15(17(21)18(2,3)4)10-14(13)8-9-16-11-20(5)12-19-16/h6-7,10-12H,1-5H3. The highest BCUT2D eigenvalue weighted by molar-refractivity contribution is 6.00. The molecule has 0 saturated heterocycles. The summed E-state index contributed by atoms with van der Waals surface area (Å²) in [6.45, 7) is 7.77. The molecule has 0 radical (unpaired) electrons. The molecule has 0 atom stereocenters. The lowest BCUT2D eigenvalue weighted by atomic mass is 9.85. The van der Waals surface area contributed by atoms with Crippen LogP contribution in [-0.2, 0) is 7.05 Å². The maximum Gasteiger partial charge on any atom is 0.168 e. The number of hydrogen-bond acceptors (Lipinski definition) is 2. The molecule has 0 aliphatic carbocycles. The fraction of sp³-hybridized carbons (Fsp3) is 0.333. The zero-order valence-corrected chi connectivity index (χ0v) is 13.2. The largest absolute Gasteiger partial charge is 0.339 e. The van der Waals surface area contributed by atoms with Gasteiger partial charge in [-0.05, 0) is 24.5 Å². The number of carbonyl (C=O) groups excluding carboxylic acids is 1. The predicted molar refractivity (Wildman–Crippen MR) is 84.2 cm³/mol. The van der Waals surface area contributed by atoms with Gasteiger partial charge in [-0.3, -0.25) is 4.79 Å². The average molecular weight is 280 g/mol. The van der Waals surface area contributed by atoms with Crippen LogP contribution in [0.2, 0.25) is 0 Å². The van der Waals surface area contributed by atoms with E-state index in [2.05, 4.69) is 16.8 Å². The van der Waals surface area contributed by atoms with Gasteiger partial charge in [0.15, 0.2) is 5.78 Å². The highest BCUT2D eigenvalue weighted by Gasteiger charge is 2.23. The molecule has 2 rings (SSSR count). The molecule has 3 nitrogen and oxygen atoms in total. The molecule has 1 aromatic heterocycles. The van der Waals surface area contributed by atoms with Crippen molar-refractivity contribution in [2.75, 3.05) is 0 Å². The molecule has 0 bridgehead atoms. The van der Waals surface area contributed by atoms with Gasteiger partial charge in [-0.15, -0.1) is 0 Å². The molecule has 0 amide bonds. The van der Waals surface area contributed by atoms with Crippen LogP contribution in [0.3, 0.4) is 0 Å². The Morgan fingerprint density at radius 2 is 1.95 bits per heavy atom. The zero-order chi connectivity index (χ0) is 15.6. The summed E-state index contributed by atoms with van der Waals surface area (Å²) in [6, 6.07) is 5.69. The number of carbonyl (C=O) groups is 1. The molecule has 1 aromatic carbocycles. The molecule has 0 saturated carbocycles. The third-order valence-electron chi connectivity index (χ3n) is 3.21. The van der Waals surface area contributed by atoms with E-state index in [0.717, 1.165) is 16.8 Å². The van der Waals surface area contributed by atoms with Crippen LogP contribution in [-0.4, -0.2) is 15.3 Å². The predicted octanol–water partition coefficient (Wildman–Crippen LogP) is 3.36. The Kier molecular flexibility index (Phi) is 3.99. The van der Waals surface area contributed by atoms with Gasteiger partial charge in [0, 0.05) is 29.8 Å². The summed E-state index contributed by atoms with van der Waals surface area (Å²) in [5.41, 5.74) is 2.98. The maximum atomic E-state index is 12.3. The first-order valence-electron chi connectivity index (χ1n) is 6.93. The van der Waals surface area contributed by atoms with Crippen molar-refractivity contribution in [2.24, 2.45) is 12.5 Å². The molecule has 0 spiro atoms. The van der Waals surface area contributed by atoms with Crippen molar-refractivity contribution in [1.82, 2.24) is 9.55 Å². The van der Waals surface area contributed by atoms with E-state index in [4.69, 9.17) is 0 Å². The van der Waals surface area contributed by atoms with Gasteiger partial charge in [-0.25, -0.2) is 4.98 Å². The van der Waals surface area contributed by atoms with E-state index in [9.17, 15) is 4.79 Å². The van der Waals surface area contributed by atoms with Crippen LogP contribution in [0.15, 0.2) is 30.7 Å². The number of aryl methyl sites for hydroxylation is 2. The van der Waals surface area contributed by atoms with E-state index in [1.165, 1.54) is 0 Å². The Morgan fingerprint density at radius 3 is 2.52 bits per heavy atom. The minimum absolute atomic E-state index is 0.128. The molecular formula is C18H20N2O. The first-order valence-corrected chi connectivity index (χ1v) is 6.93. The van der Waals surface area contributed by atoms with Crippen LogP contribution in [0, 0.1) is 24.2 Å². The van der Waals surface area contributed by atoms with Crippen LogP contribution < -0.4 is 0 Å². The normalized spacial score (nSPS) is 10.9. The molecular weight excluding hydrogens is 260 g/mol. The Balaban J connectivity index is 2.37. The first-order chi connectivity index (χ1) is 9.77. The molecule has 0 aliphatic rings. The third-order valence-corrected chi connectivity index (χ3v) is 3.21. The lowest BCUT2D eigenvalue weighted by molar-refractivity contribution is 0.0858. The second-order valence-electron chi connectivity index (χ2n) is 6.28. The number of nitrogens with zero attached hydrogens (tertiary/aromatic N) is 2. The number of hydrogen-bond donors (Lipinski definition) is 0. The van der Waals surface area contributed by atoms with E-state index in [0.29, 0.717) is 5.56 Å². The minimum Gasteiger partial charge on any atom is -0.339 e. The van der Waals surface area contributed by atoms with E-state index in [-0.39, 0.29) is 11.2 Å². The van der Waals surface area contributed by atoms with E-state index in [1.54, 1.807) is 6.33 Å². The molecule has 1 heterocycles. The molecule has 0 unspecified atom stereocenters. The van der Waals surface area contributed by atoms with E-state index < -0.39 is 0 Å². The van der Waals surface area contributed by atoms with Gasteiger partial charge >= 0.3 is 0 Å². The Bertz CT molecular complexity index is 737. The van der Waals surface area contributed by atoms with Gasteiger partial charge in [0.1, 0.15) is 5.69 Å². The number of aromatic nitrogens is 2. The summed E-state index contributed by atoms with van der Waals surface area (Å²) >= 11 is 0. The number of benzene rings is 1. The fourth-order valence-corrected chi connectivity index (χ4v) is 1.94. The van der Waals surface area contributed by atoms with Crippen molar-refractivity contribution < 1.29 is 4.79 Å². The van der Waals surface area contributed by atoms with Gasteiger partial charge < -0.3 is 4.57 Å². The fourth-order valence-electron chi connectivity index (χ4n) is 1.94. The van der Waals surface area contributed by atoms with Crippen LogP contribution in [0.1, 0.15) is 48.0 Å². The number of Topliss-reactive ketones (excluding diaryl/α,β-unsaturated/α-hetero) is 1. The van der Waals surface area contributed by atoms with Crippen LogP contribution in [0.25, 0.3) is 0 Å². The monoisotopic (exact) mass is 280 g/mol. The van der Waals surface area contributed by atoms with Gasteiger partial charge in [-0.2, -0.15) is 0 Å². The minimum atomic E-state index is -0.388. The number of rotatable bonds is 1. The molecule has 0 N–H and O–H groups in total. The van der Waals surface area contributed by atoms with Crippen molar-refractivity contribution in [2.45, 2.75) is 27.7 Å². The average Bonchev–Trinajstić information content (AvgIpc) is 2.82. The van der Waals surface area contributed by atoms with E-state index in [1.807, 2.05) is 63.7 Å². The summed E-state index contributed by atoms with van der Waals surface area (Å²) in [6.07, 6.45) is 3.59. The topological polar surface area (TPSA) is 34.9 Å². The quantitative estimate of drug-likeness (QED) is 0.593.